The number of anilines is 1. The second-order valence-corrected chi connectivity index (χ2v) is 9.39. The summed E-state index contributed by atoms with van der Waals surface area (Å²) in [5.41, 5.74) is 4.18. The van der Waals surface area contributed by atoms with Crippen molar-refractivity contribution in [2.75, 3.05) is 45.2 Å². The standard InChI is InChI=1S/C23H33N5O/c1-26(2)23(29)25-18-8-6-16(7-9-18)14-27-10-11-28-19(15-27)12-17-13-24-20-4-3-5-21(28)22(17)20/h3-5,13,16,18-19,24H,6-12,14-15H2,1-2H3,(H,25,29). The topological polar surface area (TPSA) is 54.6 Å². The normalized spacial score (nSPS) is 27.0. The van der Waals surface area contributed by atoms with E-state index in [-0.39, 0.29) is 6.03 Å². The second-order valence-electron chi connectivity index (χ2n) is 9.39. The van der Waals surface area contributed by atoms with E-state index in [1.807, 2.05) is 14.1 Å². The van der Waals surface area contributed by atoms with E-state index in [4.69, 9.17) is 0 Å². The Kier molecular flexibility index (Phi) is 4.90. The van der Waals surface area contributed by atoms with Crippen LogP contribution < -0.4 is 10.2 Å². The van der Waals surface area contributed by atoms with E-state index in [1.165, 1.54) is 41.5 Å². The van der Waals surface area contributed by atoms with Crippen LogP contribution in [0, 0.1) is 5.92 Å². The Morgan fingerprint density at radius 3 is 2.83 bits per heavy atom. The third kappa shape index (κ3) is 3.59. The molecule has 5 rings (SSSR count). The zero-order valence-electron chi connectivity index (χ0n) is 17.7. The summed E-state index contributed by atoms with van der Waals surface area (Å²) in [5, 5.41) is 4.60. The lowest BCUT2D eigenvalue weighted by atomic mass is 9.85. The van der Waals surface area contributed by atoms with Crippen molar-refractivity contribution in [2.24, 2.45) is 5.92 Å². The van der Waals surface area contributed by atoms with Gasteiger partial charge in [0.1, 0.15) is 0 Å². The number of nitrogens with zero attached hydrogens (tertiary/aromatic N) is 3. The number of urea groups is 1. The van der Waals surface area contributed by atoms with Crippen LogP contribution in [0.3, 0.4) is 0 Å². The molecule has 2 aromatic rings. The molecule has 29 heavy (non-hydrogen) atoms. The van der Waals surface area contributed by atoms with Gasteiger partial charge in [-0.1, -0.05) is 6.07 Å². The summed E-state index contributed by atoms with van der Waals surface area (Å²) in [6, 6.07) is 7.65. The fourth-order valence-corrected chi connectivity index (χ4v) is 5.62. The molecule has 1 atom stereocenters. The third-order valence-corrected chi connectivity index (χ3v) is 7.19. The van der Waals surface area contributed by atoms with Crippen LogP contribution >= 0.6 is 0 Å². The lowest BCUT2D eigenvalue weighted by Crippen LogP contribution is -2.56. The molecule has 0 bridgehead atoms. The van der Waals surface area contributed by atoms with Gasteiger partial charge in [0.05, 0.1) is 0 Å². The van der Waals surface area contributed by atoms with Gasteiger partial charge in [-0.15, -0.1) is 0 Å². The molecule has 6 nitrogen and oxygen atoms in total. The summed E-state index contributed by atoms with van der Waals surface area (Å²) in [6.45, 7) is 4.66. The molecule has 0 radical (unpaired) electrons. The van der Waals surface area contributed by atoms with E-state index in [1.54, 1.807) is 4.90 Å². The first-order valence-electron chi connectivity index (χ1n) is 11.1. The summed E-state index contributed by atoms with van der Waals surface area (Å²) in [6.07, 6.45) is 8.05. The van der Waals surface area contributed by atoms with Gasteiger partial charge in [0.2, 0.25) is 0 Å². The molecule has 2 amide bonds. The molecule has 1 saturated heterocycles. The molecule has 3 aliphatic rings. The molecule has 6 heteroatoms. The molecule has 1 aliphatic carbocycles. The number of hydrogen-bond donors (Lipinski definition) is 2. The molecule has 2 aliphatic heterocycles. The zero-order valence-corrected chi connectivity index (χ0v) is 17.7. The summed E-state index contributed by atoms with van der Waals surface area (Å²) in [5.74, 6) is 0.768. The first-order chi connectivity index (χ1) is 14.1. The molecular weight excluding hydrogens is 362 g/mol. The van der Waals surface area contributed by atoms with E-state index in [9.17, 15) is 4.79 Å². The average Bonchev–Trinajstić information content (AvgIpc) is 3.13. The lowest BCUT2D eigenvalue weighted by molar-refractivity contribution is 0.159. The van der Waals surface area contributed by atoms with Gasteiger partial charge in [0.15, 0.2) is 0 Å². The third-order valence-electron chi connectivity index (χ3n) is 7.19. The maximum Gasteiger partial charge on any atom is 0.317 e. The minimum absolute atomic E-state index is 0.0426. The monoisotopic (exact) mass is 395 g/mol. The van der Waals surface area contributed by atoms with Crippen molar-refractivity contribution < 1.29 is 4.79 Å². The van der Waals surface area contributed by atoms with Crippen LogP contribution in [0.4, 0.5) is 10.5 Å². The number of H-pyrrole nitrogens is 1. The molecule has 2 fully saturated rings. The number of hydrogen-bond acceptors (Lipinski definition) is 3. The van der Waals surface area contributed by atoms with Crippen LogP contribution in [-0.2, 0) is 6.42 Å². The Morgan fingerprint density at radius 1 is 1.21 bits per heavy atom. The Bertz CT molecular complexity index is 883. The highest BCUT2D eigenvalue weighted by molar-refractivity contribution is 5.96. The average molecular weight is 396 g/mol. The van der Waals surface area contributed by atoms with Crippen molar-refractivity contribution in [2.45, 2.75) is 44.2 Å². The first kappa shape index (κ1) is 18.8. The second kappa shape index (κ2) is 7.56. The van der Waals surface area contributed by atoms with Crippen LogP contribution in [0.15, 0.2) is 24.4 Å². The van der Waals surface area contributed by atoms with Crippen molar-refractivity contribution in [3.05, 3.63) is 30.0 Å². The molecule has 1 aromatic heterocycles. The van der Waals surface area contributed by atoms with Gasteiger partial charge in [0.25, 0.3) is 0 Å². The molecule has 1 saturated carbocycles. The summed E-state index contributed by atoms with van der Waals surface area (Å²) < 4.78 is 0. The number of rotatable bonds is 3. The number of aromatic amines is 1. The molecular formula is C23H33N5O. The number of carbonyl (C=O) groups is 1. The quantitative estimate of drug-likeness (QED) is 0.840. The highest BCUT2D eigenvalue weighted by atomic mass is 16.2. The van der Waals surface area contributed by atoms with E-state index >= 15 is 0 Å². The van der Waals surface area contributed by atoms with Crippen molar-refractivity contribution in [3.63, 3.8) is 0 Å². The van der Waals surface area contributed by atoms with Gasteiger partial charge in [-0.25, -0.2) is 4.79 Å². The van der Waals surface area contributed by atoms with Crippen molar-refractivity contribution in [1.29, 1.82) is 0 Å². The number of benzene rings is 1. The van der Waals surface area contributed by atoms with Gasteiger partial charge >= 0.3 is 6.03 Å². The summed E-state index contributed by atoms with van der Waals surface area (Å²) >= 11 is 0. The SMILES string of the molecule is CN(C)C(=O)NC1CCC(CN2CCN3c4cccc5[nH]cc(c45)CC3C2)CC1. The highest BCUT2D eigenvalue weighted by Crippen LogP contribution is 2.38. The molecule has 0 spiro atoms. The summed E-state index contributed by atoms with van der Waals surface area (Å²) in [4.78, 5) is 22.3. The predicted molar refractivity (Wildman–Crippen MR) is 118 cm³/mol. The van der Waals surface area contributed by atoms with Crippen LogP contribution in [0.1, 0.15) is 31.2 Å². The fourth-order valence-electron chi connectivity index (χ4n) is 5.62. The Labute approximate surface area is 173 Å². The lowest BCUT2D eigenvalue weighted by Gasteiger charge is -2.46. The maximum atomic E-state index is 11.9. The number of carbonyl (C=O) groups excluding carboxylic acids is 1. The van der Waals surface area contributed by atoms with E-state index < -0.39 is 0 Å². The Balaban J connectivity index is 1.16. The largest absolute Gasteiger partial charge is 0.365 e. The number of nitrogens with one attached hydrogen (secondary N) is 2. The Morgan fingerprint density at radius 2 is 2.03 bits per heavy atom. The molecule has 1 aromatic carbocycles. The number of fused-ring (bicyclic) bond motifs is 2. The van der Waals surface area contributed by atoms with Crippen molar-refractivity contribution >= 4 is 22.6 Å². The van der Waals surface area contributed by atoms with Gasteiger partial charge < -0.3 is 20.1 Å². The predicted octanol–water partition coefficient (Wildman–Crippen LogP) is 3.04. The van der Waals surface area contributed by atoms with Crippen LogP contribution in [0.25, 0.3) is 10.9 Å². The van der Waals surface area contributed by atoms with Crippen LogP contribution in [-0.4, -0.2) is 73.2 Å². The minimum atomic E-state index is 0.0426. The van der Waals surface area contributed by atoms with E-state index in [2.05, 4.69) is 44.5 Å². The van der Waals surface area contributed by atoms with Gasteiger partial charge in [-0.3, -0.25) is 4.90 Å². The van der Waals surface area contributed by atoms with E-state index in [0.717, 1.165) is 44.8 Å². The van der Waals surface area contributed by atoms with Gasteiger partial charge in [-0.2, -0.15) is 0 Å². The maximum absolute atomic E-state index is 11.9. The highest BCUT2D eigenvalue weighted by Gasteiger charge is 2.34. The summed E-state index contributed by atoms with van der Waals surface area (Å²) in [7, 11) is 3.62. The van der Waals surface area contributed by atoms with Crippen molar-refractivity contribution in [3.8, 4) is 0 Å². The van der Waals surface area contributed by atoms with Crippen LogP contribution in [0.5, 0.6) is 0 Å². The fraction of sp³-hybridized carbons (Fsp3) is 0.609. The van der Waals surface area contributed by atoms with E-state index in [0.29, 0.717) is 12.1 Å². The van der Waals surface area contributed by atoms with Crippen molar-refractivity contribution in [1.82, 2.24) is 20.1 Å². The number of piperazine rings is 1. The number of amides is 2. The smallest absolute Gasteiger partial charge is 0.317 e. The first-order valence-corrected chi connectivity index (χ1v) is 11.1. The van der Waals surface area contributed by atoms with Gasteiger partial charge in [-0.05, 0) is 55.7 Å². The van der Waals surface area contributed by atoms with Crippen LogP contribution in [0.2, 0.25) is 0 Å². The molecule has 156 valence electrons. The van der Waals surface area contributed by atoms with Gasteiger partial charge in [0, 0.05) is 75.1 Å². The molecule has 2 N–H and O–H groups in total. The Hall–Kier alpha value is -2.21. The molecule has 1 unspecified atom stereocenters. The zero-order chi connectivity index (χ0) is 20.0. The minimum Gasteiger partial charge on any atom is -0.365 e. The number of aromatic nitrogens is 1. The molecule has 3 heterocycles.